The highest BCUT2D eigenvalue weighted by Gasteiger charge is 2.08. The van der Waals surface area contributed by atoms with Crippen LogP contribution >= 0.6 is 11.6 Å². The summed E-state index contributed by atoms with van der Waals surface area (Å²) in [6, 6.07) is 13.6. The maximum atomic E-state index is 6.21. The van der Waals surface area contributed by atoms with Crippen molar-refractivity contribution in [3.63, 3.8) is 0 Å². The lowest BCUT2D eigenvalue weighted by molar-refractivity contribution is 1.28. The molecule has 4 N–H and O–H groups in total. The fourth-order valence-corrected chi connectivity index (χ4v) is 2.58. The first-order chi connectivity index (χ1) is 11.1. The molecule has 0 aliphatic rings. The number of nitrogens with zero attached hydrogens (tertiary/aromatic N) is 3. The third-order valence-corrected chi connectivity index (χ3v) is 3.72. The van der Waals surface area contributed by atoms with Crippen LogP contribution in [0.25, 0.3) is 21.9 Å². The van der Waals surface area contributed by atoms with E-state index >= 15 is 0 Å². The second-order valence-corrected chi connectivity index (χ2v) is 5.34. The van der Waals surface area contributed by atoms with Crippen molar-refractivity contribution >= 4 is 46.6 Å². The number of benzene rings is 2. The van der Waals surface area contributed by atoms with E-state index in [9.17, 15) is 0 Å². The summed E-state index contributed by atoms with van der Waals surface area (Å²) in [6.07, 6.45) is 1.54. The second-order valence-electron chi connectivity index (χ2n) is 4.94. The van der Waals surface area contributed by atoms with Crippen molar-refractivity contribution in [2.75, 3.05) is 0 Å². The van der Waals surface area contributed by atoms with E-state index in [4.69, 9.17) is 23.1 Å². The second kappa shape index (κ2) is 6.06. The van der Waals surface area contributed by atoms with E-state index in [0.29, 0.717) is 10.8 Å². The maximum absolute atomic E-state index is 6.21. The molecule has 0 unspecified atom stereocenters. The van der Waals surface area contributed by atoms with E-state index in [1.807, 2.05) is 42.5 Å². The molecule has 0 aliphatic carbocycles. The largest absolute Gasteiger partial charge is 0.370 e. The van der Waals surface area contributed by atoms with Crippen LogP contribution in [0.3, 0.4) is 0 Å². The van der Waals surface area contributed by atoms with Gasteiger partial charge in [-0.15, -0.1) is 0 Å². The van der Waals surface area contributed by atoms with Gasteiger partial charge in [-0.1, -0.05) is 35.9 Å². The Hall–Kier alpha value is -2.92. The minimum Gasteiger partial charge on any atom is -0.370 e. The topological polar surface area (TPSA) is 89.6 Å². The average molecular weight is 324 g/mol. The minimum absolute atomic E-state index is 0.0515. The molecule has 0 atom stereocenters. The van der Waals surface area contributed by atoms with Crippen molar-refractivity contribution in [3.05, 3.63) is 53.7 Å². The van der Waals surface area contributed by atoms with Crippen LogP contribution in [-0.2, 0) is 0 Å². The normalized spacial score (nSPS) is 10.5. The number of guanidine groups is 1. The third-order valence-electron chi connectivity index (χ3n) is 3.42. The molecular weight excluding hydrogens is 310 g/mol. The number of halogens is 1. The first-order valence-electron chi connectivity index (χ1n) is 6.83. The van der Waals surface area contributed by atoms with Crippen LogP contribution in [0.4, 0.5) is 11.5 Å². The maximum Gasteiger partial charge on any atom is 0.192 e. The highest BCUT2D eigenvalue weighted by Crippen LogP contribution is 2.34. The first kappa shape index (κ1) is 15.0. The van der Waals surface area contributed by atoms with Gasteiger partial charge >= 0.3 is 0 Å². The van der Waals surface area contributed by atoms with Crippen molar-refractivity contribution in [3.8, 4) is 11.1 Å². The summed E-state index contributed by atoms with van der Waals surface area (Å²) in [5.74, 6) is 0.383. The lowest BCUT2D eigenvalue weighted by Gasteiger charge is -2.08. The van der Waals surface area contributed by atoms with Crippen molar-refractivity contribution in [1.82, 2.24) is 4.98 Å². The molecule has 0 saturated carbocycles. The smallest absolute Gasteiger partial charge is 0.192 e. The SMILES string of the molecule is C=Nc1cccc(-c2ccc3c(Cl)cnc(N=C(N)N)c3c2)c1. The zero-order valence-electron chi connectivity index (χ0n) is 12.2. The summed E-state index contributed by atoms with van der Waals surface area (Å²) in [4.78, 5) is 12.2. The molecule has 1 heterocycles. The number of rotatable bonds is 3. The molecule has 0 bridgehead atoms. The summed E-state index contributed by atoms with van der Waals surface area (Å²) in [7, 11) is 0. The molecule has 3 rings (SSSR count). The number of aromatic nitrogens is 1. The van der Waals surface area contributed by atoms with Crippen LogP contribution in [0.15, 0.2) is 58.6 Å². The number of fused-ring (bicyclic) bond motifs is 1. The van der Waals surface area contributed by atoms with Gasteiger partial charge in [0, 0.05) is 17.0 Å². The highest BCUT2D eigenvalue weighted by atomic mass is 35.5. The van der Waals surface area contributed by atoms with Crippen molar-refractivity contribution < 1.29 is 0 Å². The van der Waals surface area contributed by atoms with Crippen LogP contribution in [0, 0.1) is 0 Å². The Kier molecular flexibility index (Phi) is 3.95. The molecule has 0 aliphatic heterocycles. The molecule has 6 heteroatoms. The van der Waals surface area contributed by atoms with Crippen LogP contribution in [0.1, 0.15) is 0 Å². The van der Waals surface area contributed by atoms with E-state index in [1.165, 1.54) is 6.20 Å². The predicted octanol–water partition coefficient (Wildman–Crippen LogP) is 3.79. The molecule has 0 fully saturated rings. The summed E-state index contributed by atoms with van der Waals surface area (Å²) < 4.78 is 0. The molecule has 0 saturated heterocycles. The number of hydrogen-bond acceptors (Lipinski definition) is 3. The predicted molar refractivity (Wildman–Crippen MR) is 96.9 cm³/mol. The summed E-state index contributed by atoms with van der Waals surface area (Å²) in [6.45, 7) is 3.55. The number of pyridine rings is 1. The van der Waals surface area contributed by atoms with Gasteiger partial charge in [0.15, 0.2) is 11.8 Å². The standard InChI is InChI=1S/C17H14ClN5/c1-21-12-4-2-3-10(7-12)11-5-6-13-14(8-11)16(23-17(19)20)22-9-15(13)18/h2-9H,1H2,(H4,19,20,22,23). The lowest BCUT2D eigenvalue weighted by atomic mass is 10.0. The minimum atomic E-state index is -0.0515. The van der Waals surface area contributed by atoms with Crippen LogP contribution < -0.4 is 11.5 Å². The Morgan fingerprint density at radius 3 is 2.57 bits per heavy atom. The summed E-state index contributed by atoms with van der Waals surface area (Å²) in [5, 5.41) is 2.16. The first-order valence-corrected chi connectivity index (χ1v) is 7.21. The van der Waals surface area contributed by atoms with Gasteiger partial charge in [-0.05, 0) is 36.0 Å². The van der Waals surface area contributed by atoms with Crippen LogP contribution in [0.5, 0.6) is 0 Å². The third kappa shape index (κ3) is 3.00. The van der Waals surface area contributed by atoms with Crippen molar-refractivity contribution in [2.24, 2.45) is 21.5 Å². The molecule has 0 amide bonds. The van der Waals surface area contributed by atoms with Crippen LogP contribution in [0.2, 0.25) is 5.02 Å². The van der Waals surface area contributed by atoms with Crippen molar-refractivity contribution in [1.29, 1.82) is 0 Å². The zero-order valence-corrected chi connectivity index (χ0v) is 13.0. The van der Waals surface area contributed by atoms with Crippen molar-refractivity contribution in [2.45, 2.75) is 0 Å². The van der Waals surface area contributed by atoms with Gasteiger partial charge in [-0.2, -0.15) is 4.99 Å². The Bertz CT molecular complexity index is 929. The molecule has 23 heavy (non-hydrogen) atoms. The quantitative estimate of drug-likeness (QED) is 0.567. The average Bonchev–Trinajstić information content (AvgIpc) is 2.57. The van der Waals surface area contributed by atoms with Crippen LogP contribution in [-0.4, -0.2) is 17.7 Å². The van der Waals surface area contributed by atoms with Gasteiger partial charge in [0.25, 0.3) is 0 Å². The Balaban J connectivity index is 2.24. The monoisotopic (exact) mass is 323 g/mol. The van der Waals surface area contributed by atoms with Gasteiger partial charge < -0.3 is 11.5 Å². The number of aliphatic imine (C=N–C) groups is 2. The number of nitrogens with two attached hydrogens (primary N) is 2. The molecular formula is C17H14ClN5. The van der Waals surface area contributed by atoms with Gasteiger partial charge in [0.1, 0.15) is 0 Å². The van der Waals surface area contributed by atoms with Gasteiger partial charge in [0.2, 0.25) is 0 Å². The van der Waals surface area contributed by atoms with Gasteiger partial charge in [-0.3, -0.25) is 4.99 Å². The van der Waals surface area contributed by atoms with Gasteiger partial charge in [-0.25, -0.2) is 4.98 Å². The summed E-state index contributed by atoms with van der Waals surface area (Å²) >= 11 is 6.21. The molecule has 2 aromatic carbocycles. The zero-order chi connectivity index (χ0) is 16.4. The van der Waals surface area contributed by atoms with E-state index < -0.39 is 0 Å². The summed E-state index contributed by atoms with van der Waals surface area (Å²) in [5.41, 5.74) is 13.7. The number of hydrogen-bond donors (Lipinski definition) is 2. The van der Waals surface area contributed by atoms with Gasteiger partial charge in [0.05, 0.1) is 10.7 Å². The van der Waals surface area contributed by atoms with E-state index in [0.717, 1.165) is 27.6 Å². The Morgan fingerprint density at radius 1 is 1.04 bits per heavy atom. The lowest BCUT2D eigenvalue weighted by Crippen LogP contribution is -2.22. The Labute approximate surface area is 138 Å². The molecule has 0 spiro atoms. The fraction of sp³-hybridized carbons (Fsp3) is 0. The fourth-order valence-electron chi connectivity index (χ4n) is 2.37. The molecule has 3 aromatic rings. The molecule has 5 nitrogen and oxygen atoms in total. The molecule has 0 radical (unpaired) electrons. The van der Waals surface area contributed by atoms with E-state index in [1.54, 1.807) is 0 Å². The van der Waals surface area contributed by atoms with E-state index in [2.05, 4.69) is 21.7 Å². The highest BCUT2D eigenvalue weighted by molar-refractivity contribution is 6.35. The Morgan fingerprint density at radius 2 is 1.83 bits per heavy atom. The van der Waals surface area contributed by atoms with E-state index in [-0.39, 0.29) is 5.96 Å². The molecule has 1 aromatic heterocycles. The molecule has 114 valence electrons.